The van der Waals surface area contributed by atoms with Gasteiger partial charge in [0, 0.05) is 23.7 Å². The number of aromatic amines is 1. The van der Waals surface area contributed by atoms with E-state index in [1.807, 2.05) is 6.07 Å². The molecule has 1 N–H and O–H groups in total. The van der Waals surface area contributed by atoms with Crippen molar-refractivity contribution in [3.05, 3.63) is 33.7 Å². The van der Waals surface area contributed by atoms with Crippen molar-refractivity contribution in [3.8, 4) is 11.8 Å². The van der Waals surface area contributed by atoms with Crippen LogP contribution in [0, 0.1) is 18.8 Å². The molecule has 14 heavy (non-hydrogen) atoms. The van der Waals surface area contributed by atoms with E-state index >= 15 is 0 Å². The van der Waals surface area contributed by atoms with Crippen LogP contribution in [-0.4, -0.2) is 4.98 Å². The third-order valence-corrected chi connectivity index (χ3v) is 1.98. The van der Waals surface area contributed by atoms with Crippen LogP contribution in [-0.2, 0) is 0 Å². The summed E-state index contributed by atoms with van der Waals surface area (Å²) in [6, 6.07) is 1.82. The minimum atomic E-state index is -0.0379. The normalized spacial score (nSPS) is 9.29. The minimum Gasteiger partial charge on any atom is -0.328 e. The first-order valence-corrected chi connectivity index (χ1v) is 4.92. The first-order chi connectivity index (χ1) is 6.74. The van der Waals surface area contributed by atoms with Gasteiger partial charge in [-0.1, -0.05) is 25.2 Å². The van der Waals surface area contributed by atoms with Gasteiger partial charge in [-0.15, -0.1) is 0 Å². The number of aryl methyl sites for hydroxylation is 1. The fourth-order valence-electron chi connectivity index (χ4n) is 1.10. The SMILES string of the molecule is CCCCC#Cc1c[nH]c(=O)c(C)c1. The van der Waals surface area contributed by atoms with Crippen LogP contribution in [0.3, 0.4) is 0 Å². The van der Waals surface area contributed by atoms with E-state index in [1.165, 1.54) is 6.42 Å². The highest BCUT2D eigenvalue weighted by Gasteiger charge is 1.92. The van der Waals surface area contributed by atoms with Crippen molar-refractivity contribution in [2.45, 2.75) is 33.1 Å². The quantitative estimate of drug-likeness (QED) is 0.561. The fraction of sp³-hybridized carbons (Fsp3) is 0.417. The molecular formula is C12H15NO. The summed E-state index contributed by atoms with van der Waals surface area (Å²) in [6.45, 7) is 3.93. The lowest BCUT2D eigenvalue weighted by molar-refractivity contribution is 0.828. The Morgan fingerprint density at radius 1 is 1.50 bits per heavy atom. The van der Waals surface area contributed by atoms with Gasteiger partial charge in [-0.05, 0) is 19.4 Å². The molecule has 0 bridgehead atoms. The van der Waals surface area contributed by atoms with Gasteiger partial charge < -0.3 is 4.98 Å². The molecule has 0 fully saturated rings. The lowest BCUT2D eigenvalue weighted by Gasteiger charge is -1.92. The van der Waals surface area contributed by atoms with Crippen LogP contribution < -0.4 is 5.56 Å². The molecule has 0 saturated heterocycles. The number of H-pyrrole nitrogens is 1. The Labute approximate surface area is 84.4 Å². The van der Waals surface area contributed by atoms with Gasteiger partial charge in [0.1, 0.15) is 0 Å². The third-order valence-electron chi connectivity index (χ3n) is 1.98. The zero-order valence-corrected chi connectivity index (χ0v) is 8.68. The summed E-state index contributed by atoms with van der Waals surface area (Å²) in [4.78, 5) is 13.7. The van der Waals surface area contributed by atoms with Gasteiger partial charge in [-0.25, -0.2) is 0 Å². The summed E-state index contributed by atoms with van der Waals surface area (Å²) < 4.78 is 0. The first-order valence-electron chi connectivity index (χ1n) is 4.92. The van der Waals surface area contributed by atoms with Crippen LogP contribution in [0.5, 0.6) is 0 Å². The number of hydrogen-bond donors (Lipinski definition) is 1. The molecule has 2 nitrogen and oxygen atoms in total. The molecule has 0 radical (unpaired) electrons. The molecule has 1 rings (SSSR count). The second-order valence-corrected chi connectivity index (χ2v) is 3.31. The van der Waals surface area contributed by atoms with Gasteiger partial charge in [0.25, 0.3) is 5.56 Å². The highest BCUT2D eigenvalue weighted by Crippen LogP contribution is 1.96. The summed E-state index contributed by atoms with van der Waals surface area (Å²) >= 11 is 0. The van der Waals surface area contributed by atoms with Crippen LogP contribution in [0.1, 0.15) is 37.3 Å². The smallest absolute Gasteiger partial charge is 0.250 e. The maximum atomic E-state index is 11.0. The van der Waals surface area contributed by atoms with Crippen molar-refractivity contribution < 1.29 is 0 Å². The Bertz CT molecular complexity index is 406. The van der Waals surface area contributed by atoms with Gasteiger partial charge in [-0.3, -0.25) is 4.79 Å². The molecular weight excluding hydrogens is 174 g/mol. The van der Waals surface area contributed by atoms with Crippen molar-refractivity contribution in [1.29, 1.82) is 0 Å². The van der Waals surface area contributed by atoms with E-state index in [9.17, 15) is 4.79 Å². The van der Waals surface area contributed by atoms with Crippen molar-refractivity contribution in [2.24, 2.45) is 0 Å². The lowest BCUT2D eigenvalue weighted by atomic mass is 10.2. The molecule has 0 spiro atoms. The molecule has 1 aromatic heterocycles. The molecule has 0 amide bonds. The minimum absolute atomic E-state index is 0.0379. The predicted molar refractivity (Wildman–Crippen MR) is 58.2 cm³/mol. The summed E-state index contributed by atoms with van der Waals surface area (Å²) in [5.74, 6) is 6.10. The third kappa shape index (κ3) is 3.10. The molecule has 74 valence electrons. The zero-order valence-electron chi connectivity index (χ0n) is 8.68. The van der Waals surface area contributed by atoms with Gasteiger partial charge >= 0.3 is 0 Å². The van der Waals surface area contributed by atoms with Crippen molar-refractivity contribution >= 4 is 0 Å². The maximum absolute atomic E-state index is 11.0. The predicted octanol–water partition coefficient (Wildman–Crippen LogP) is 2.23. The molecule has 0 saturated carbocycles. The van der Waals surface area contributed by atoms with Gasteiger partial charge in [-0.2, -0.15) is 0 Å². The number of unbranched alkanes of at least 4 members (excludes halogenated alkanes) is 2. The number of aromatic nitrogens is 1. The summed E-state index contributed by atoms with van der Waals surface area (Å²) in [6.07, 6.45) is 4.89. The molecule has 0 aliphatic heterocycles. The molecule has 0 atom stereocenters. The molecule has 2 heteroatoms. The van der Waals surface area contributed by atoms with Crippen molar-refractivity contribution in [2.75, 3.05) is 0 Å². The van der Waals surface area contributed by atoms with E-state index in [1.54, 1.807) is 13.1 Å². The standard InChI is InChI=1S/C12H15NO/c1-3-4-5-6-7-11-8-10(2)12(14)13-9-11/h8-9H,3-5H2,1-2H3,(H,13,14). The monoisotopic (exact) mass is 189 g/mol. The second kappa shape index (κ2) is 5.29. The first kappa shape index (κ1) is 10.6. The van der Waals surface area contributed by atoms with E-state index in [2.05, 4.69) is 23.7 Å². The van der Waals surface area contributed by atoms with Gasteiger partial charge in [0.15, 0.2) is 0 Å². The summed E-state index contributed by atoms with van der Waals surface area (Å²) in [5.41, 5.74) is 1.56. The molecule has 0 aliphatic carbocycles. The highest BCUT2D eigenvalue weighted by molar-refractivity contribution is 5.33. The van der Waals surface area contributed by atoms with Crippen LogP contribution >= 0.6 is 0 Å². The molecule has 1 aromatic rings. The lowest BCUT2D eigenvalue weighted by Crippen LogP contribution is -2.08. The van der Waals surface area contributed by atoms with E-state index in [0.717, 1.165) is 18.4 Å². The molecule has 1 heterocycles. The van der Waals surface area contributed by atoms with Crippen LogP contribution in [0.15, 0.2) is 17.1 Å². The van der Waals surface area contributed by atoms with Crippen LogP contribution in [0.25, 0.3) is 0 Å². The molecule has 0 aliphatic rings. The Morgan fingerprint density at radius 3 is 2.93 bits per heavy atom. The highest BCUT2D eigenvalue weighted by atomic mass is 16.1. The Kier molecular flexibility index (Phi) is 4.00. The summed E-state index contributed by atoms with van der Waals surface area (Å²) in [5, 5.41) is 0. The number of nitrogens with one attached hydrogen (secondary N) is 1. The molecule has 0 unspecified atom stereocenters. The number of rotatable bonds is 2. The van der Waals surface area contributed by atoms with Crippen LogP contribution in [0.2, 0.25) is 0 Å². The average Bonchev–Trinajstić information content (AvgIpc) is 2.18. The van der Waals surface area contributed by atoms with Crippen molar-refractivity contribution in [1.82, 2.24) is 4.98 Å². The zero-order chi connectivity index (χ0) is 10.4. The van der Waals surface area contributed by atoms with E-state index in [-0.39, 0.29) is 5.56 Å². The van der Waals surface area contributed by atoms with E-state index < -0.39 is 0 Å². The Morgan fingerprint density at radius 2 is 2.29 bits per heavy atom. The second-order valence-electron chi connectivity index (χ2n) is 3.31. The fourth-order valence-corrected chi connectivity index (χ4v) is 1.10. The van der Waals surface area contributed by atoms with Gasteiger partial charge in [0.2, 0.25) is 0 Å². The average molecular weight is 189 g/mol. The topological polar surface area (TPSA) is 32.9 Å². The number of hydrogen-bond acceptors (Lipinski definition) is 1. The number of pyridine rings is 1. The Balaban J connectivity index is 2.71. The van der Waals surface area contributed by atoms with Crippen molar-refractivity contribution in [3.63, 3.8) is 0 Å². The van der Waals surface area contributed by atoms with E-state index in [4.69, 9.17) is 0 Å². The largest absolute Gasteiger partial charge is 0.328 e. The Hall–Kier alpha value is -1.49. The van der Waals surface area contributed by atoms with Gasteiger partial charge in [0.05, 0.1) is 0 Å². The van der Waals surface area contributed by atoms with Crippen LogP contribution in [0.4, 0.5) is 0 Å². The summed E-state index contributed by atoms with van der Waals surface area (Å²) in [7, 11) is 0. The molecule has 0 aromatic carbocycles. The maximum Gasteiger partial charge on any atom is 0.250 e. The van der Waals surface area contributed by atoms with E-state index in [0.29, 0.717) is 5.56 Å².